The first-order chi connectivity index (χ1) is 6.31. The maximum atomic E-state index is 5.83. The van der Waals surface area contributed by atoms with Gasteiger partial charge in [-0.3, -0.25) is 4.68 Å². The summed E-state index contributed by atoms with van der Waals surface area (Å²) in [6.07, 6.45) is 1.87. The van der Waals surface area contributed by atoms with Crippen LogP contribution in [0.25, 0.3) is 10.6 Å². The molecule has 0 atom stereocenters. The molecule has 2 aromatic heterocycles. The molecule has 0 radical (unpaired) electrons. The number of aromatic nitrogens is 2. The summed E-state index contributed by atoms with van der Waals surface area (Å²) in [6, 6.07) is 4.04. The molecule has 0 aliphatic heterocycles. The second kappa shape index (κ2) is 3.22. The van der Waals surface area contributed by atoms with Crippen LogP contribution in [0.2, 0.25) is 0 Å². The van der Waals surface area contributed by atoms with Gasteiger partial charge in [-0.25, -0.2) is 0 Å². The molecule has 0 saturated heterocycles. The molecule has 0 spiro atoms. The lowest BCUT2D eigenvalue weighted by atomic mass is 10.3. The summed E-state index contributed by atoms with van der Waals surface area (Å²) >= 11 is 1.66. The summed E-state index contributed by atoms with van der Waals surface area (Å²) in [7, 11) is 0. The fourth-order valence-corrected chi connectivity index (χ4v) is 1.93. The molecule has 2 heterocycles. The van der Waals surface area contributed by atoms with Crippen molar-refractivity contribution in [1.29, 1.82) is 0 Å². The van der Waals surface area contributed by atoms with Crippen molar-refractivity contribution in [2.24, 2.45) is 0 Å². The van der Waals surface area contributed by atoms with Gasteiger partial charge in [0.25, 0.3) is 0 Å². The minimum Gasteiger partial charge on any atom is -0.396 e. The Morgan fingerprint density at radius 3 is 3.00 bits per heavy atom. The highest BCUT2D eigenvalue weighted by molar-refractivity contribution is 7.13. The molecular weight excluding hydrogens is 182 g/mol. The summed E-state index contributed by atoms with van der Waals surface area (Å²) in [5.74, 6) is 0. The minimum absolute atomic E-state index is 0.754. The van der Waals surface area contributed by atoms with E-state index in [2.05, 4.69) is 5.10 Å². The molecule has 4 heteroatoms. The monoisotopic (exact) mass is 193 g/mol. The molecule has 0 unspecified atom stereocenters. The molecule has 0 fully saturated rings. The Labute approximate surface area is 80.8 Å². The van der Waals surface area contributed by atoms with Crippen LogP contribution in [0.3, 0.4) is 0 Å². The number of nitrogens with zero attached hydrogens (tertiary/aromatic N) is 2. The Morgan fingerprint density at radius 1 is 1.62 bits per heavy atom. The second-order valence-corrected chi connectivity index (χ2v) is 3.71. The van der Waals surface area contributed by atoms with E-state index < -0.39 is 0 Å². The summed E-state index contributed by atoms with van der Waals surface area (Å²) < 4.78 is 1.85. The van der Waals surface area contributed by atoms with Gasteiger partial charge in [-0.05, 0) is 18.4 Å². The number of hydrogen-bond donors (Lipinski definition) is 1. The predicted octanol–water partition coefficient (Wildman–Crippen LogP) is 2.21. The Bertz CT molecular complexity index is 389. The number of anilines is 1. The Balaban J connectivity index is 2.46. The Morgan fingerprint density at radius 2 is 2.46 bits per heavy atom. The standard InChI is InChI=1S/C9H11N3S/c1-2-12-6-7(10)9(11-12)8-4-3-5-13-8/h3-6H,2,10H2,1H3. The zero-order valence-electron chi connectivity index (χ0n) is 7.40. The van der Waals surface area contributed by atoms with Crippen LogP contribution in [0.4, 0.5) is 5.69 Å². The van der Waals surface area contributed by atoms with Gasteiger partial charge in [0, 0.05) is 12.7 Å². The smallest absolute Gasteiger partial charge is 0.125 e. The maximum absolute atomic E-state index is 5.83. The highest BCUT2D eigenvalue weighted by Gasteiger charge is 2.07. The normalized spacial score (nSPS) is 10.5. The van der Waals surface area contributed by atoms with E-state index in [-0.39, 0.29) is 0 Å². The first-order valence-electron chi connectivity index (χ1n) is 4.18. The van der Waals surface area contributed by atoms with E-state index in [4.69, 9.17) is 5.73 Å². The van der Waals surface area contributed by atoms with Gasteiger partial charge in [0.15, 0.2) is 0 Å². The van der Waals surface area contributed by atoms with Gasteiger partial charge >= 0.3 is 0 Å². The third kappa shape index (κ3) is 1.45. The zero-order valence-corrected chi connectivity index (χ0v) is 8.21. The van der Waals surface area contributed by atoms with Gasteiger partial charge in [-0.2, -0.15) is 5.10 Å². The van der Waals surface area contributed by atoms with Gasteiger partial charge < -0.3 is 5.73 Å². The fraction of sp³-hybridized carbons (Fsp3) is 0.222. The van der Waals surface area contributed by atoms with Crippen molar-refractivity contribution in [3.05, 3.63) is 23.7 Å². The number of thiophene rings is 1. The number of rotatable bonds is 2. The van der Waals surface area contributed by atoms with E-state index in [9.17, 15) is 0 Å². The molecular formula is C9H11N3S. The van der Waals surface area contributed by atoms with Crippen molar-refractivity contribution in [2.75, 3.05) is 5.73 Å². The van der Waals surface area contributed by atoms with E-state index >= 15 is 0 Å². The largest absolute Gasteiger partial charge is 0.396 e. The molecule has 0 aromatic carbocycles. The van der Waals surface area contributed by atoms with E-state index in [0.717, 1.165) is 22.8 Å². The average Bonchev–Trinajstić information content (AvgIpc) is 2.72. The molecule has 68 valence electrons. The lowest BCUT2D eigenvalue weighted by molar-refractivity contribution is 0.662. The van der Waals surface area contributed by atoms with Crippen molar-refractivity contribution < 1.29 is 0 Å². The van der Waals surface area contributed by atoms with Crippen LogP contribution in [0.1, 0.15) is 6.92 Å². The summed E-state index contributed by atoms with van der Waals surface area (Å²) in [5.41, 5.74) is 7.49. The maximum Gasteiger partial charge on any atom is 0.125 e. The minimum atomic E-state index is 0.754. The van der Waals surface area contributed by atoms with Crippen molar-refractivity contribution in [2.45, 2.75) is 13.5 Å². The number of nitrogens with two attached hydrogens (primary N) is 1. The van der Waals surface area contributed by atoms with Crippen LogP contribution in [0, 0.1) is 0 Å². The van der Waals surface area contributed by atoms with Crippen LogP contribution >= 0.6 is 11.3 Å². The van der Waals surface area contributed by atoms with E-state index in [1.165, 1.54) is 0 Å². The molecule has 0 aliphatic rings. The van der Waals surface area contributed by atoms with Crippen molar-refractivity contribution >= 4 is 17.0 Å². The molecule has 0 amide bonds. The second-order valence-electron chi connectivity index (χ2n) is 2.77. The van der Waals surface area contributed by atoms with Crippen LogP contribution < -0.4 is 5.73 Å². The molecule has 13 heavy (non-hydrogen) atoms. The molecule has 2 N–H and O–H groups in total. The number of hydrogen-bond acceptors (Lipinski definition) is 3. The zero-order chi connectivity index (χ0) is 9.26. The quantitative estimate of drug-likeness (QED) is 0.794. The van der Waals surface area contributed by atoms with E-state index in [1.54, 1.807) is 11.3 Å². The molecule has 2 rings (SSSR count). The summed E-state index contributed by atoms with van der Waals surface area (Å²) in [4.78, 5) is 1.13. The third-order valence-electron chi connectivity index (χ3n) is 1.87. The van der Waals surface area contributed by atoms with Crippen molar-refractivity contribution in [3.63, 3.8) is 0 Å². The van der Waals surface area contributed by atoms with Gasteiger partial charge in [0.1, 0.15) is 5.69 Å². The summed E-state index contributed by atoms with van der Waals surface area (Å²) in [6.45, 7) is 2.90. The van der Waals surface area contributed by atoms with Gasteiger partial charge in [0.05, 0.1) is 10.6 Å². The fourth-order valence-electron chi connectivity index (χ4n) is 1.20. The molecule has 3 nitrogen and oxygen atoms in total. The predicted molar refractivity (Wildman–Crippen MR) is 55.6 cm³/mol. The highest BCUT2D eigenvalue weighted by Crippen LogP contribution is 2.27. The Hall–Kier alpha value is -1.29. The van der Waals surface area contributed by atoms with Crippen molar-refractivity contribution in [3.8, 4) is 10.6 Å². The van der Waals surface area contributed by atoms with Crippen LogP contribution in [0.5, 0.6) is 0 Å². The molecule has 0 bridgehead atoms. The van der Waals surface area contributed by atoms with Gasteiger partial charge in [-0.1, -0.05) is 6.07 Å². The topological polar surface area (TPSA) is 43.8 Å². The molecule has 0 saturated carbocycles. The van der Waals surface area contributed by atoms with Gasteiger partial charge in [0.2, 0.25) is 0 Å². The van der Waals surface area contributed by atoms with Crippen LogP contribution in [-0.4, -0.2) is 9.78 Å². The van der Waals surface area contributed by atoms with Crippen molar-refractivity contribution in [1.82, 2.24) is 9.78 Å². The first-order valence-corrected chi connectivity index (χ1v) is 5.06. The average molecular weight is 193 g/mol. The Kier molecular flexibility index (Phi) is 2.06. The van der Waals surface area contributed by atoms with Crippen LogP contribution in [-0.2, 0) is 6.54 Å². The lowest BCUT2D eigenvalue weighted by Crippen LogP contribution is -1.93. The molecule has 0 aliphatic carbocycles. The van der Waals surface area contributed by atoms with Crippen LogP contribution in [0.15, 0.2) is 23.7 Å². The molecule has 2 aromatic rings. The lowest BCUT2D eigenvalue weighted by Gasteiger charge is -1.91. The number of nitrogen functional groups attached to an aromatic ring is 1. The first kappa shape index (κ1) is 8.31. The van der Waals surface area contributed by atoms with E-state index in [1.807, 2.05) is 35.3 Å². The highest BCUT2D eigenvalue weighted by atomic mass is 32.1. The summed E-state index contributed by atoms with van der Waals surface area (Å²) in [5, 5.41) is 6.40. The number of aryl methyl sites for hydroxylation is 1. The van der Waals surface area contributed by atoms with Gasteiger partial charge in [-0.15, -0.1) is 11.3 Å². The SMILES string of the molecule is CCn1cc(N)c(-c2cccs2)n1. The van der Waals surface area contributed by atoms with E-state index in [0.29, 0.717) is 0 Å². The third-order valence-corrected chi connectivity index (χ3v) is 2.75.